The summed E-state index contributed by atoms with van der Waals surface area (Å²) in [5.41, 5.74) is 1.16. The summed E-state index contributed by atoms with van der Waals surface area (Å²) in [7, 11) is 0. The van der Waals surface area contributed by atoms with Gasteiger partial charge in [-0.25, -0.2) is 0 Å². The number of furan rings is 1. The molecule has 102 valence electrons. The molecule has 1 N–H and O–H groups in total. The lowest BCUT2D eigenvalue weighted by Gasteiger charge is -2.21. The maximum atomic E-state index is 5.75. The number of nitrogens with one attached hydrogen (secondary N) is 1. The topological polar surface area (TPSA) is 47.3 Å². The molecule has 19 heavy (non-hydrogen) atoms. The number of aromatic nitrogens is 1. The zero-order valence-electron chi connectivity index (χ0n) is 11.6. The van der Waals surface area contributed by atoms with Crippen molar-refractivity contribution >= 4 is 0 Å². The summed E-state index contributed by atoms with van der Waals surface area (Å²) >= 11 is 0. The molecular weight excluding hydrogens is 240 g/mol. The first-order valence-electron chi connectivity index (χ1n) is 6.38. The van der Waals surface area contributed by atoms with Crippen LogP contribution in [0.1, 0.15) is 32.1 Å². The number of ether oxygens (including phenoxy) is 1. The molecule has 0 amide bonds. The third kappa shape index (κ3) is 4.41. The maximum Gasteiger partial charge on any atom is 0.146 e. The quantitative estimate of drug-likeness (QED) is 0.897. The van der Waals surface area contributed by atoms with E-state index in [9.17, 15) is 0 Å². The van der Waals surface area contributed by atoms with E-state index in [0.717, 1.165) is 23.6 Å². The molecule has 0 spiro atoms. The van der Waals surface area contributed by atoms with Crippen molar-refractivity contribution in [2.75, 3.05) is 0 Å². The van der Waals surface area contributed by atoms with Gasteiger partial charge >= 0.3 is 0 Å². The van der Waals surface area contributed by atoms with Crippen molar-refractivity contribution in [3.05, 3.63) is 48.2 Å². The van der Waals surface area contributed by atoms with Gasteiger partial charge in [0.25, 0.3) is 0 Å². The molecule has 4 heteroatoms. The average Bonchev–Trinajstić information content (AvgIpc) is 2.87. The Kier molecular flexibility index (Phi) is 4.22. The lowest BCUT2D eigenvalue weighted by molar-refractivity contribution is 0.265. The normalized spacial score (nSPS) is 11.5. The van der Waals surface area contributed by atoms with Crippen molar-refractivity contribution in [3.63, 3.8) is 0 Å². The second-order valence-electron chi connectivity index (χ2n) is 5.45. The fraction of sp³-hybridized carbons (Fsp3) is 0.400. The van der Waals surface area contributed by atoms with Gasteiger partial charge < -0.3 is 14.5 Å². The number of rotatable bonds is 5. The fourth-order valence-electron chi connectivity index (χ4n) is 1.59. The second kappa shape index (κ2) is 5.89. The van der Waals surface area contributed by atoms with Crippen molar-refractivity contribution in [2.24, 2.45) is 0 Å². The van der Waals surface area contributed by atoms with Crippen molar-refractivity contribution in [1.82, 2.24) is 10.3 Å². The summed E-state index contributed by atoms with van der Waals surface area (Å²) < 4.78 is 11.0. The predicted molar refractivity (Wildman–Crippen MR) is 73.9 cm³/mol. The van der Waals surface area contributed by atoms with E-state index in [2.05, 4.69) is 31.1 Å². The number of nitrogens with zero attached hydrogens (tertiary/aromatic N) is 1. The first-order chi connectivity index (χ1) is 9.04. The highest BCUT2D eigenvalue weighted by Gasteiger charge is 2.11. The van der Waals surface area contributed by atoms with E-state index in [1.54, 1.807) is 18.7 Å². The molecule has 0 radical (unpaired) electrons. The summed E-state index contributed by atoms with van der Waals surface area (Å²) in [6.07, 6.45) is 5.16. The first kappa shape index (κ1) is 13.6. The summed E-state index contributed by atoms with van der Waals surface area (Å²) in [6.45, 7) is 7.58. The van der Waals surface area contributed by atoms with Crippen molar-refractivity contribution in [1.29, 1.82) is 0 Å². The Morgan fingerprint density at radius 3 is 2.84 bits per heavy atom. The summed E-state index contributed by atoms with van der Waals surface area (Å²) in [5.74, 6) is 1.59. The highest BCUT2D eigenvalue weighted by molar-refractivity contribution is 5.29. The molecule has 0 atom stereocenters. The fourth-order valence-corrected chi connectivity index (χ4v) is 1.59. The van der Waals surface area contributed by atoms with Crippen molar-refractivity contribution < 1.29 is 9.15 Å². The molecule has 0 saturated carbocycles. The van der Waals surface area contributed by atoms with Gasteiger partial charge in [0.15, 0.2) is 0 Å². The van der Waals surface area contributed by atoms with E-state index >= 15 is 0 Å². The molecule has 0 fully saturated rings. The Bertz CT molecular complexity index is 501. The molecule has 2 rings (SSSR count). The smallest absolute Gasteiger partial charge is 0.146 e. The third-order valence-electron chi connectivity index (χ3n) is 2.63. The van der Waals surface area contributed by atoms with E-state index < -0.39 is 0 Å². The highest BCUT2D eigenvalue weighted by atomic mass is 16.5. The van der Waals surface area contributed by atoms with Gasteiger partial charge in [-0.2, -0.15) is 0 Å². The number of hydrogen-bond acceptors (Lipinski definition) is 4. The number of pyridine rings is 1. The number of hydrogen-bond donors (Lipinski definition) is 1. The van der Waals surface area contributed by atoms with Crippen LogP contribution in [0.5, 0.6) is 5.75 Å². The van der Waals surface area contributed by atoms with Crippen LogP contribution in [0.25, 0.3) is 0 Å². The van der Waals surface area contributed by atoms with E-state index in [1.165, 1.54) is 0 Å². The summed E-state index contributed by atoms with van der Waals surface area (Å²) in [4.78, 5) is 4.11. The molecular formula is C15H20N2O2. The molecule has 0 aliphatic heterocycles. The van der Waals surface area contributed by atoms with Gasteiger partial charge in [0.2, 0.25) is 0 Å². The predicted octanol–water partition coefficient (Wildman–Crippen LogP) is 3.14. The summed E-state index contributed by atoms with van der Waals surface area (Å²) in [5, 5.41) is 3.44. The van der Waals surface area contributed by atoms with Crippen LogP contribution in [-0.4, -0.2) is 10.5 Å². The molecule has 0 unspecified atom stereocenters. The van der Waals surface area contributed by atoms with Crippen LogP contribution in [0.2, 0.25) is 0 Å². The van der Waals surface area contributed by atoms with Gasteiger partial charge in [0.05, 0.1) is 12.5 Å². The van der Waals surface area contributed by atoms with Gasteiger partial charge in [-0.05, 0) is 39.0 Å². The minimum atomic E-state index is 0.0710. The Labute approximate surface area is 113 Å². The van der Waals surface area contributed by atoms with Crippen LogP contribution in [0.3, 0.4) is 0 Å². The SMILES string of the molecule is CC(C)(C)NCc1ccncc1OCc1ccco1. The maximum absolute atomic E-state index is 5.75. The first-order valence-corrected chi connectivity index (χ1v) is 6.38. The molecule has 2 aromatic heterocycles. The van der Waals surface area contributed by atoms with E-state index in [0.29, 0.717) is 6.61 Å². The van der Waals surface area contributed by atoms with E-state index in [-0.39, 0.29) is 5.54 Å². The molecule has 0 saturated heterocycles. The van der Waals surface area contributed by atoms with Crippen LogP contribution >= 0.6 is 0 Å². The third-order valence-corrected chi connectivity index (χ3v) is 2.63. The largest absolute Gasteiger partial charge is 0.484 e. The Morgan fingerprint density at radius 1 is 1.32 bits per heavy atom. The van der Waals surface area contributed by atoms with E-state index in [4.69, 9.17) is 9.15 Å². The van der Waals surface area contributed by atoms with Crippen LogP contribution in [0.15, 0.2) is 41.3 Å². The molecule has 4 nitrogen and oxygen atoms in total. The molecule has 0 aliphatic carbocycles. The lowest BCUT2D eigenvalue weighted by atomic mass is 10.1. The average molecular weight is 260 g/mol. The van der Waals surface area contributed by atoms with Crippen LogP contribution in [0.4, 0.5) is 0 Å². The molecule has 0 aromatic carbocycles. The van der Waals surface area contributed by atoms with Crippen molar-refractivity contribution in [3.8, 4) is 5.75 Å². The zero-order chi connectivity index (χ0) is 13.7. The van der Waals surface area contributed by atoms with Gasteiger partial charge in [0.1, 0.15) is 18.1 Å². The van der Waals surface area contributed by atoms with Crippen LogP contribution in [-0.2, 0) is 13.2 Å². The van der Waals surface area contributed by atoms with Crippen LogP contribution in [0, 0.1) is 0 Å². The molecule has 0 bridgehead atoms. The Morgan fingerprint density at radius 2 is 2.16 bits per heavy atom. The standard InChI is InChI=1S/C15H20N2O2/c1-15(2,3)17-9-12-6-7-16-10-14(12)19-11-13-5-4-8-18-13/h4-8,10,17H,9,11H2,1-3H3. The highest BCUT2D eigenvalue weighted by Crippen LogP contribution is 2.18. The second-order valence-corrected chi connectivity index (χ2v) is 5.45. The molecule has 0 aliphatic rings. The molecule has 2 heterocycles. The monoisotopic (exact) mass is 260 g/mol. The van der Waals surface area contributed by atoms with Gasteiger partial charge in [-0.3, -0.25) is 4.98 Å². The minimum Gasteiger partial charge on any atom is -0.484 e. The van der Waals surface area contributed by atoms with Gasteiger partial charge in [0, 0.05) is 23.8 Å². The summed E-state index contributed by atoms with van der Waals surface area (Å²) in [6, 6.07) is 5.71. The molecule has 2 aromatic rings. The van der Waals surface area contributed by atoms with Gasteiger partial charge in [-0.1, -0.05) is 0 Å². The van der Waals surface area contributed by atoms with Crippen molar-refractivity contribution in [2.45, 2.75) is 39.5 Å². The van der Waals surface area contributed by atoms with Crippen LogP contribution < -0.4 is 10.1 Å². The van der Waals surface area contributed by atoms with E-state index in [1.807, 2.05) is 18.2 Å². The van der Waals surface area contributed by atoms with Gasteiger partial charge in [-0.15, -0.1) is 0 Å². The zero-order valence-corrected chi connectivity index (χ0v) is 11.6. The Hall–Kier alpha value is -1.81. The lowest BCUT2D eigenvalue weighted by Crippen LogP contribution is -2.35. The minimum absolute atomic E-state index is 0.0710. The Balaban J connectivity index is 1.99.